The molecule has 0 radical (unpaired) electrons. The van der Waals surface area contributed by atoms with Crippen molar-refractivity contribution in [1.29, 1.82) is 0 Å². The summed E-state index contributed by atoms with van der Waals surface area (Å²) in [5.41, 5.74) is -1.03. The average molecular weight is 274 g/mol. The number of hydrogen-bond donors (Lipinski definition) is 0. The summed E-state index contributed by atoms with van der Waals surface area (Å²) < 4.78 is 14.9. The van der Waals surface area contributed by atoms with Gasteiger partial charge in [0.1, 0.15) is 5.60 Å². The minimum absolute atomic E-state index is 0.175. The Morgan fingerprint density at radius 2 is 1.47 bits per heavy atom. The van der Waals surface area contributed by atoms with Gasteiger partial charge in [0.25, 0.3) is 0 Å². The van der Waals surface area contributed by atoms with E-state index in [-0.39, 0.29) is 19.2 Å². The van der Waals surface area contributed by atoms with Crippen molar-refractivity contribution in [1.82, 2.24) is 0 Å². The number of ether oxygens (including phenoxy) is 3. The zero-order chi connectivity index (χ0) is 15.1. The van der Waals surface area contributed by atoms with Gasteiger partial charge in [0, 0.05) is 6.42 Å². The fourth-order valence-corrected chi connectivity index (χ4v) is 0.998. The van der Waals surface area contributed by atoms with E-state index in [2.05, 4.69) is 0 Å². The van der Waals surface area contributed by atoms with Crippen LogP contribution in [0, 0.1) is 5.41 Å². The molecule has 5 nitrogen and oxygen atoms in total. The first-order valence-corrected chi connectivity index (χ1v) is 6.61. The Bertz CT molecular complexity index is 301. The molecule has 0 aromatic carbocycles. The molecule has 0 rings (SSSR count). The molecular weight excluding hydrogens is 248 g/mol. The summed E-state index contributed by atoms with van der Waals surface area (Å²) >= 11 is 0. The standard InChI is InChI=1S/C14H26O5/c1-7-14(5,6)11(15)17-9-8-10-18-12(16)19-13(2,3)4/h7-10H2,1-6H3. The Morgan fingerprint density at radius 1 is 0.947 bits per heavy atom. The van der Waals surface area contributed by atoms with Crippen molar-refractivity contribution in [3.05, 3.63) is 0 Å². The fraction of sp³-hybridized carbons (Fsp3) is 0.857. The largest absolute Gasteiger partial charge is 0.508 e. The molecule has 0 spiro atoms. The van der Waals surface area contributed by atoms with Gasteiger partial charge in [-0.15, -0.1) is 0 Å². The van der Waals surface area contributed by atoms with Crippen LogP contribution in [0.1, 0.15) is 54.4 Å². The molecule has 0 aromatic heterocycles. The maximum absolute atomic E-state index is 11.6. The van der Waals surface area contributed by atoms with Crippen molar-refractivity contribution in [2.45, 2.75) is 60.0 Å². The molecule has 0 saturated carbocycles. The summed E-state index contributed by atoms with van der Waals surface area (Å²) in [7, 11) is 0. The average Bonchev–Trinajstić information content (AvgIpc) is 2.25. The van der Waals surface area contributed by atoms with E-state index in [4.69, 9.17) is 14.2 Å². The Balaban J connectivity index is 3.72. The molecule has 0 aromatic rings. The van der Waals surface area contributed by atoms with Gasteiger partial charge in [-0.05, 0) is 41.0 Å². The van der Waals surface area contributed by atoms with Gasteiger partial charge in [0.05, 0.1) is 18.6 Å². The predicted octanol–water partition coefficient (Wildman–Crippen LogP) is 3.31. The van der Waals surface area contributed by atoms with Gasteiger partial charge in [0.15, 0.2) is 0 Å². The number of hydrogen-bond acceptors (Lipinski definition) is 5. The van der Waals surface area contributed by atoms with Crippen LogP contribution in [-0.2, 0) is 19.0 Å². The van der Waals surface area contributed by atoms with Gasteiger partial charge in [-0.2, -0.15) is 0 Å². The summed E-state index contributed by atoms with van der Waals surface area (Å²) in [6.07, 6.45) is 0.484. The van der Waals surface area contributed by atoms with Crippen molar-refractivity contribution < 1.29 is 23.8 Å². The highest BCUT2D eigenvalue weighted by molar-refractivity contribution is 5.75. The molecule has 0 N–H and O–H groups in total. The van der Waals surface area contributed by atoms with Crippen LogP contribution in [0.5, 0.6) is 0 Å². The van der Waals surface area contributed by atoms with E-state index in [1.54, 1.807) is 20.8 Å². The van der Waals surface area contributed by atoms with E-state index in [1.165, 1.54) is 0 Å². The third kappa shape index (κ3) is 8.46. The van der Waals surface area contributed by atoms with Crippen molar-refractivity contribution in [2.24, 2.45) is 5.41 Å². The number of esters is 1. The zero-order valence-corrected chi connectivity index (χ0v) is 12.9. The summed E-state index contributed by atoms with van der Waals surface area (Å²) in [4.78, 5) is 22.8. The molecule has 112 valence electrons. The van der Waals surface area contributed by atoms with Crippen molar-refractivity contribution in [3.8, 4) is 0 Å². The molecule has 0 fully saturated rings. The highest BCUT2D eigenvalue weighted by Crippen LogP contribution is 2.21. The van der Waals surface area contributed by atoms with Gasteiger partial charge >= 0.3 is 12.1 Å². The Kier molecular flexibility index (Phi) is 6.87. The quantitative estimate of drug-likeness (QED) is 0.549. The number of carbonyl (C=O) groups is 2. The number of carbonyl (C=O) groups excluding carboxylic acids is 2. The van der Waals surface area contributed by atoms with E-state index in [0.29, 0.717) is 6.42 Å². The van der Waals surface area contributed by atoms with Gasteiger partial charge in [-0.1, -0.05) is 6.92 Å². The lowest BCUT2D eigenvalue weighted by molar-refractivity contribution is -0.154. The highest BCUT2D eigenvalue weighted by atomic mass is 16.7. The van der Waals surface area contributed by atoms with E-state index >= 15 is 0 Å². The Labute approximate surface area is 115 Å². The predicted molar refractivity (Wildman–Crippen MR) is 71.8 cm³/mol. The molecule has 0 bridgehead atoms. The molecule has 0 amide bonds. The minimum atomic E-state index is -0.701. The van der Waals surface area contributed by atoms with Crippen molar-refractivity contribution in [2.75, 3.05) is 13.2 Å². The molecule has 0 aliphatic heterocycles. The summed E-state index contributed by atoms with van der Waals surface area (Å²) in [6, 6.07) is 0. The second-order valence-corrected chi connectivity index (χ2v) is 6.04. The Morgan fingerprint density at radius 3 is 1.95 bits per heavy atom. The normalized spacial score (nSPS) is 11.9. The topological polar surface area (TPSA) is 61.8 Å². The van der Waals surface area contributed by atoms with Crippen LogP contribution in [0.15, 0.2) is 0 Å². The van der Waals surface area contributed by atoms with Crippen LogP contribution >= 0.6 is 0 Å². The van der Waals surface area contributed by atoms with E-state index in [0.717, 1.165) is 6.42 Å². The molecule has 0 saturated heterocycles. The first kappa shape index (κ1) is 17.7. The Hall–Kier alpha value is -1.26. The van der Waals surface area contributed by atoms with Crippen LogP contribution in [-0.4, -0.2) is 30.9 Å². The molecule has 0 atom stereocenters. The third-order valence-corrected chi connectivity index (χ3v) is 2.57. The number of rotatable bonds is 6. The lowest BCUT2D eigenvalue weighted by Gasteiger charge is -2.20. The van der Waals surface area contributed by atoms with Crippen LogP contribution in [0.3, 0.4) is 0 Å². The van der Waals surface area contributed by atoms with Gasteiger partial charge in [-0.25, -0.2) is 4.79 Å². The van der Waals surface area contributed by atoms with E-state index in [9.17, 15) is 9.59 Å². The van der Waals surface area contributed by atoms with E-state index < -0.39 is 17.2 Å². The fourth-order valence-electron chi connectivity index (χ4n) is 0.998. The third-order valence-electron chi connectivity index (χ3n) is 2.57. The molecule has 0 heterocycles. The van der Waals surface area contributed by atoms with Crippen LogP contribution in [0.25, 0.3) is 0 Å². The van der Waals surface area contributed by atoms with Crippen LogP contribution < -0.4 is 0 Å². The highest BCUT2D eigenvalue weighted by Gasteiger charge is 2.26. The first-order valence-electron chi connectivity index (χ1n) is 6.61. The molecular formula is C14H26O5. The maximum Gasteiger partial charge on any atom is 0.508 e. The summed E-state index contributed by atoms with van der Waals surface area (Å²) in [5, 5.41) is 0. The smallest absolute Gasteiger partial charge is 0.465 e. The second-order valence-electron chi connectivity index (χ2n) is 6.04. The molecule has 19 heavy (non-hydrogen) atoms. The SMILES string of the molecule is CCC(C)(C)C(=O)OCCCOC(=O)OC(C)(C)C. The molecule has 0 aliphatic rings. The van der Waals surface area contributed by atoms with Gasteiger partial charge < -0.3 is 14.2 Å². The molecule has 0 aliphatic carbocycles. The lowest BCUT2D eigenvalue weighted by Crippen LogP contribution is -2.27. The van der Waals surface area contributed by atoms with Gasteiger partial charge in [0.2, 0.25) is 0 Å². The molecule has 5 heteroatoms. The summed E-state index contributed by atoms with van der Waals surface area (Å²) in [5.74, 6) is -0.229. The maximum atomic E-state index is 11.6. The lowest BCUT2D eigenvalue weighted by atomic mass is 9.91. The zero-order valence-electron chi connectivity index (χ0n) is 12.9. The van der Waals surface area contributed by atoms with E-state index in [1.807, 2.05) is 20.8 Å². The monoisotopic (exact) mass is 274 g/mol. The van der Waals surface area contributed by atoms with Crippen LogP contribution in [0.2, 0.25) is 0 Å². The van der Waals surface area contributed by atoms with Gasteiger partial charge in [-0.3, -0.25) is 4.79 Å². The minimum Gasteiger partial charge on any atom is -0.465 e. The second kappa shape index (κ2) is 7.36. The summed E-state index contributed by atoms with van der Waals surface area (Å²) in [6.45, 7) is 11.3. The van der Waals surface area contributed by atoms with Crippen molar-refractivity contribution >= 4 is 12.1 Å². The molecule has 0 unspecified atom stereocenters. The first-order chi connectivity index (χ1) is 8.58. The van der Waals surface area contributed by atoms with Crippen LogP contribution in [0.4, 0.5) is 4.79 Å². The van der Waals surface area contributed by atoms with Crippen molar-refractivity contribution in [3.63, 3.8) is 0 Å².